The van der Waals surface area contributed by atoms with Crippen molar-refractivity contribution in [3.63, 3.8) is 0 Å². The van der Waals surface area contributed by atoms with Gasteiger partial charge in [0.05, 0.1) is 23.6 Å². The fraction of sp³-hybridized carbons (Fsp3) is 0.471. The van der Waals surface area contributed by atoms with Crippen molar-refractivity contribution in [1.29, 1.82) is 0 Å². The van der Waals surface area contributed by atoms with Crippen molar-refractivity contribution in [2.45, 2.75) is 44.7 Å². The van der Waals surface area contributed by atoms with E-state index < -0.39 is 0 Å². The zero-order valence-corrected chi connectivity index (χ0v) is 13.5. The molecule has 0 saturated heterocycles. The number of carbonyl (C=O) groups is 1. The number of amides is 2. The molecule has 0 atom stereocenters. The van der Waals surface area contributed by atoms with E-state index >= 15 is 0 Å². The summed E-state index contributed by atoms with van der Waals surface area (Å²) < 4.78 is 1.79. The van der Waals surface area contributed by atoms with Crippen molar-refractivity contribution in [3.8, 4) is 11.4 Å². The Balaban J connectivity index is 1.55. The van der Waals surface area contributed by atoms with E-state index in [0.29, 0.717) is 12.6 Å². The van der Waals surface area contributed by atoms with E-state index in [2.05, 4.69) is 20.7 Å². The lowest BCUT2D eigenvalue weighted by Crippen LogP contribution is -2.42. The lowest BCUT2D eigenvalue weighted by atomic mass is 9.96. The van der Waals surface area contributed by atoms with Gasteiger partial charge in [-0.25, -0.2) is 4.79 Å². The normalized spacial score (nSPS) is 15.3. The molecule has 1 aliphatic rings. The van der Waals surface area contributed by atoms with Gasteiger partial charge in [0.15, 0.2) is 0 Å². The second-order valence-corrected chi connectivity index (χ2v) is 6.02. The summed E-state index contributed by atoms with van der Waals surface area (Å²) in [6.45, 7) is 0.416. The summed E-state index contributed by atoms with van der Waals surface area (Å²) in [6, 6.07) is 7.95. The molecular weight excluding hydrogens is 290 g/mol. The summed E-state index contributed by atoms with van der Waals surface area (Å²) >= 11 is 0. The van der Waals surface area contributed by atoms with Crippen LogP contribution in [0.3, 0.4) is 0 Å². The lowest BCUT2D eigenvalue weighted by Gasteiger charge is -2.22. The van der Waals surface area contributed by atoms with Crippen LogP contribution in [-0.2, 0) is 13.6 Å². The van der Waals surface area contributed by atoms with Crippen LogP contribution >= 0.6 is 0 Å². The predicted molar refractivity (Wildman–Crippen MR) is 88.7 cm³/mol. The quantitative estimate of drug-likeness (QED) is 0.911. The summed E-state index contributed by atoms with van der Waals surface area (Å²) in [5.41, 5.74) is 2.64. The number of nitrogens with zero attached hydrogens (tertiary/aromatic N) is 3. The number of carbonyl (C=O) groups excluding carboxylic acids is 1. The van der Waals surface area contributed by atoms with E-state index in [1.165, 1.54) is 19.3 Å². The van der Waals surface area contributed by atoms with Gasteiger partial charge in [-0.3, -0.25) is 9.67 Å². The van der Waals surface area contributed by atoms with Crippen LogP contribution < -0.4 is 10.6 Å². The van der Waals surface area contributed by atoms with Gasteiger partial charge in [0.2, 0.25) is 0 Å². The maximum absolute atomic E-state index is 12.0. The van der Waals surface area contributed by atoms with Crippen LogP contribution in [0.25, 0.3) is 11.4 Å². The van der Waals surface area contributed by atoms with E-state index in [1.54, 1.807) is 10.9 Å². The highest BCUT2D eigenvalue weighted by Gasteiger charge is 2.16. The van der Waals surface area contributed by atoms with Gasteiger partial charge < -0.3 is 10.6 Å². The molecule has 1 saturated carbocycles. The Hall–Kier alpha value is -2.37. The molecule has 0 spiro atoms. The smallest absolute Gasteiger partial charge is 0.315 e. The third kappa shape index (κ3) is 4.09. The van der Waals surface area contributed by atoms with Crippen LogP contribution in [0.1, 0.15) is 37.8 Å². The standard InChI is InChI=1S/C17H23N5O/c1-22-16(15-9-5-6-10-18-15)11-14(21-22)12-19-17(23)20-13-7-3-2-4-8-13/h5-6,9-11,13H,2-4,7-8,12H2,1H3,(H2,19,20,23). The average molecular weight is 313 g/mol. The van der Waals surface area contributed by atoms with Crippen LogP contribution in [0, 0.1) is 0 Å². The van der Waals surface area contributed by atoms with Gasteiger partial charge in [-0.05, 0) is 31.0 Å². The van der Waals surface area contributed by atoms with Crippen LogP contribution in [0.2, 0.25) is 0 Å². The van der Waals surface area contributed by atoms with Crippen molar-refractivity contribution in [3.05, 3.63) is 36.2 Å². The molecule has 2 N–H and O–H groups in total. The fourth-order valence-corrected chi connectivity index (χ4v) is 3.02. The first-order valence-electron chi connectivity index (χ1n) is 8.21. The summed E-state index contributed by atoms with van der Waals surface area (Å²) in [4.78, 5) is 16.3. The molecule has 2 heterocycles. The fourth-order valence-electron chi connectivity index (χ4n) is 3.02. The van der Waals surface area contributed by atoms with Gasteiger partial charge in [-0.1, -0.05) is 25.3 Å². The number of hydrogen-bond donors (Lipinski definition) is 2. The van der Waals surface area contributed by atoms with E-state index in [4.69, 9.17) is 0 Å². The van der Waals surface area contributed by atoms with Gasteiger partial charge in [-0.15, -0.1) is 0 Å². The summed E-state index contributed by atoms with van der Waals surface area (Å²) in [5.74, 6) is 0. The second kappa shape index (κ2) is 7.26. The predicted octanol–water partition coefficient (Wildman–Crippen LogP) is 2.61. The molecule has 1 fully saturated rings. The SMILES string of the molecule is Cn1nc(CNC(=O)NC2CCCCC2)cc1-c1ccccn1. The molecular formula is C17H23N5O. The monoisotopic (exact) mass is 313 g/mol. The number of aryl methyl sites for hydroxylation is 1. The van der Waals surface area contributed by atoms with Gasteiger partial charge in [-0.2, -0.15) is 5.10 Å². The van der Waals surface area contributed by atoms with E-state index in [9.17, 15) is 4.79 Å². The first kappa shape index (κ1) is 15.5. The molecule has 6 heteroatoms. The number of aromatic nitrogens is 3. The van der Waals surface area contributed by atoms with Crippen LogP contribution in [0.15, 0.2) is 30.5 Å². The minimum absolute atomic E-state index is 0.109. The van der Waals surface area contributed by atoms with Gasteiger partial charge in [0.25, 0.3) is 0 Å². The molecule has 3 rings (SSSR count). The Morgan fingerprint density at radius 3 is 2.87 bits per heavy atom. The first-order valence-corrected chi connectivity index (χ1v) is 8.21. The summed E-state index contributed by atoms with van der Waals surface area (Å²) in [5, 5.41) is 10.4. The number of nitrogens with one attached hydrogen (secondary N) is 2. The largest absolute Gasteiger partial charge is 0.335 e. The van der Waals surface area contributed by atoms with Gasteiger partial charge in [0, 0.05) is 19.3 Å². The number of pyridine rings is 1. The summed E-state index contributed by atoms with van der Waals surface area (Å²) in [7, 11) is 1.88. The van der Waals surface area contributed by atoms with E-state index in [0.717, 1.165) is 29.9 Å². The number of rotatable bonds is 4. The molecule has 1 aliphatic carbocycles. The molecule has 23 heavy (non-hydrogen) atoms. The maximum Gasteiger partial charge on any atom is 0.315 e. The Labute approximate surface area is 136 Å². The summed E-state index contributed by atoms with van der Waals surface area (Å²) in [6.07, 6.45) is 7.63. The molecule has 0 aromatic carbocycles. The lowest BCUT2D eigenvalue weighted by molar-refractivity contribution is 0.232. The average Bonchev–Trinajstić information content (AvgIpc) is 2.96. The third-order valence-corrected chi connectivity index (χ3v) is 4.23. The second-order valence-electron chi connectivity index (χ2n) is 6.02. The van der Waals surface area contributed by atoms with Crippen molar-refractivity contribution < 1.29 is 4.79 Å². The topological polar surface area (TPSA) is 71.8 Å². The van der Waals surface area contributed by atoms with E-state index in [-0.39, 0.29) is 6.03 Å². The van der Waals surface area contributed by atoms with E-state index in [1.807, 2.05) is 31.3 Å². The molecule has 2 amide bonds. The third-order valence-electron chi connectivity index (χ3n) is 4.23. The Morgan fingerprint density at radius 2 is 2.13 bits per heavy atom. The van der Waals surface area contributed by atoms with Crippen molar-refractivity contribution in [2.24, 2.45) is 7.05 Å². The van der Waals surface area contributed by atoms with Crippen LogP contribution in [0.4, 0.5) is 4.79 Å². The van der Waals surface area contributed by atoms with Gasteiger partial charge >= 0.3 is 6.03 Å². The Kier molecular flexibility index (Phi) is 4.90. The van der Waals surface area contributed by atoms with Crippen molar-refractivity contribution >= 4 is 6.03 Å². The van der Waals surface area contributed by atoms with Crippen molar-refractivity contribution in [2.75, 3.05) is 0 Å². The molecule has 2 aromatic rings. The molecule has 2 aromatic heterocycles. The minimum Gasteiger partial charge on any atom is -0.335 e. The Morgan fingerprint density at radius 1 is 1.30 bits per heavy atom. The van der Waals surface area contributed by atoms with Crippen molar-refractivity contribution in [1.82, 2.24) is 25.4 Å². The molecule has 0 unspecified atom stereocenters. The highest BCUT2D eigenvalue weighted by Crippen LogP contribution is 2.18. The molecule has 0 aliphatic heterocycles. The zero-order chi connectivity index (χ0) is 16.1. The molecule has 6 nitrogen and oxygen atoms in total. The minimum atomic E-state index is -0.109. The number of hydrogen-bond acceptors (Lipinski definition) is 3. The highest BCUT2D eigenvalue weighted by atomic mass is 16.2. The molecule has 0 bridgehead atoms. The Bertz CT molecular complexity index is 646. The molecule has 0 radical (unpaired) electrons. The zero-order valence-electron chi connectivity index (χ0n) is 13.5. The maximum atomic E-state index is 12.0. The highest BCUT2D eigenvalue weighted by molar-refractivity contribution is 5.74. The van der Waals surface area contributed by atoms with Crippen LogP contribution in [0.5, 0.6) is 0 Å². The van der Waals surface area contributed by atoms with Gasteiger partial charge in [0.1, 0.15) is 0 Å². The first-order chi connectivity index (χ1) is 11.2. The van der Waals surface area contributed by atoms with Crippen LogP contribution in [-0.4, -0.2) is 26.8 Å². The molecule has 122 valence electrons. The number of urea groups is 1.